The van der Waals surface area contributed by atoms with Crippen molar-refractivity contribution in [3.05, 3.63) is 70.3 Å². The summed E-state index contributed by atoms with van der Waals surface area (Å²) >= 11 is 0. The first-order chi connectivity index (χ1) is 13.5. The molecular formula is C20H22N2O6. The van der Waals surface area contributed by atoms with Gasteiger partial charge in [-0.05, 0) is 24.1 Å². The van der Waals surface area contributed by atoms with Gasteiger partial charge in [-0.15, -0.1) is 0 Å². The number of benzene rings is 2. The van der Waals surface area contributed by atoms with Gasteiger partial charge in [0.1, 0.15) is 11.8 Å². The van der Waals surface area contributed by atoms with Crippen molar-refractivity contribution in [2.24, 2.45) is 0 Å². The number of nitro groups is 1. The summed E-state index contributed by atoms with van der Waals surface area (Å²) in [5.41, 5.74) is 0.722. The first-order valence-electron chi connectivity index (χ1n) is 8.93. The Hall–Kier alpha value is -3.42. The highest BCUT2D eigenvalue weighted by molar-refractivity contribution is 5.83. The van der Waals surface area contributed by atoms with E-state index in [2.05, 4.69) is 5.32 Å². The van der Waals surface area contributed by atoms with Crippen LogP contribution in [0, 0.1) is 10.1 Å². The van der Waals surface area contributed by atoms with E-state index in [0.29, 0.717) is 0 Å². The van der Waals surface area contributed by atoms with Crippen LogP contribution in [0.1, 0.15) is 25.3 Å². The molecule has 0 saturated carbocycles. The summed E-state index contributed by atoms with van der Waals surface area (Å²) in [5, 5.41) is 13.2. The maximum Gasteiger partial charge on any atom is 0.407 e. The van der Waals surface area contributed by atoms with Crippen LogP contribution in [0.5, 0.6) is 5.75 Å². The van der Waals surface area contributed by atoms with Crippen molar-refractivity contribution in [1.82, 2.24) is 5.32 Å². The Labute approximate surface area is 162 Å². The molecule has 8 heteroatoms. The van der Waals surface area contributed by atoms with Crippen molar-refractivity contribution in [2.75, 3.05) is 6.61 Å². The molecule has 2 rings (SSSR count). The Kier molecular flexibility index (Phi) is 7.95. The van der Waals surface area contributed by atoms with Gasteiger partial charge in [0.2, 0.25) is 0 Å². The summed E-state index contributed by atoms with van der Waals surface area (Å²) in [5.74, 6) is -0.542. The smallest absolute Gasteiger partial charge is 0.407 e. The van der Waals surface area contributed by atoms with E-state index in [1.807, 2.05) is 37.3 Å². The number of rotatable bonds is 9. The van der Waals surface area contributed by atoms with E-state index in [1.54, 1.807) is 0 Å². The summed E-state index contributed by atoms with van der Waals surface area (Å²) in [6.07, 6.45) is 1.12. The van der Waals surface area contributed by atoms with E-state index in [4.69, 9.17) is 9.47 Å². The van der Waals surface area contributed by atoms with Crippen LogP contribution in [-0.2, 0) is 16.0 Å². The molecule has 0 saturated heterocycles. The van der Waals surface area contributed by atoms with Gasteiger partial charge in [0.05, 0.1) is 11.5 Å². The predicted octanol–water partition coefficient (Wildman–Crippen LogP) is 3.64. The van der Waals surface area contributed by atoms with Gasteiger partial charge in [0.15, 0.2) is 0 Å². The highest BCUT2D eigenvalue weighted by Crippen LogP contribution is 2.18. The lowest BCUT2D eigenvalue weighted by molar-refractivity contribution is -0.384. The van der Waals surface area contributed by atoms with Gasteiger partial charge in [-0.25, -0.2) is 9.59 Å². The standard InChI is InChI=1S/C20H22N2O6/c1-2-3-13-27-20(24)21-18(14-15-7-5-4-6-8-15)19(23)28-17-11-9-16(10-12-17)22(25)26/h4-12,18H,2-3,13-14H2,1H3,(H,21,24). The molecule has 2 aromatic carbocycles. The topological polar surface area (TPSA) is 108 Å². The largest absolute Gasteiger partial charge is 0.450 e. The van der Waals surface area contributed by atoms with Crippen LogP contribution in [0.4, 0.5) is 10.5 Å². The fraction of sp³-hybridized carbons (Fsp3) is 0.300. The van der Waals surface area contributed by atoms with Crippen molar-refractivity contribution in [3.8, 4) is 5.75 Å². The third-order valence-electron chi connectivity index (χ3n) is 3.86. The summed E-state index contributed by atoms with van der Waals surface area (Å²) < 4.78 is 10.3. The average Bonchev–Trinajstić information content (AvgIpc) is 2.69. The molecule has 148 valence electrons. The molecule has 28 heavy (non-hydrogen) atoms. The van der Waals surface area contributed by atoms with Crippen LogP contribution in [0.25, 0.3) is 0 Å². The van der Waals surface area contributed by atoms with Gasteiger partial charge in [0.25, 0.3) is 5.69 Å². The van der Waals surface area contributed by atoms with Crippen LogP contribution in [0.15, 0.2) is 54.6 Å². The molecule has 0 aliphatic heterocycles. The molecule has 2 aromatic rings. The molecule has 1 atom stereocenters. The summed E-state index contributed by atoms with van der Waals surface area (Å²) in [6, 6.07) is 13.3. The molecular weight excluding hydrogens is 364 g/mol. The summed E-state index contributed by atoms with van der Waals surface area (Å²) in [4.78, 5) is 34.7. The average molecular weight is 386 g/mol. The molecule has 1 N–H and O–H groups in total. The number of non-ortho nitro benzene ring substituents is 1. The molecule has 0 radical (unpaired) electrons. The SMILES string of the molecule is CCCCOC(=O)NC(Cc1ccccc1)C(=O)Oc1ccc([N+](=O)[O-])cc1. The number of unbranched alkanes of at least 4 members (excludes halogenated alkanes) is 1. The van der Waals surface area contributed by atoms with Gasteiger partial charge < -0.3 is 14.8 Å². The molecule has 0 fully saturated rings. The Balaban J connectivity index is 2.06. The fourth-order valence-corrected chi connectivity index (χ4v) is 2.36. The van der Waals surface area contributed by atoms with Crippen LogP contribution in [-0.4, -0.2) is 29.6 Å². The molecule has 8 nitrogen and oxygen atoms in total. The van der Waals surface area contributed by atoms with Crippen molar-refractivity contribution in [3.63, 3.8) is 0 Å². The number of nitrogens with one attached hydrogen (secondary N) is 1. The van der Waals surface area contributed by atoms with Gasteiger partial charge in [-0.3, -0.25) is 10.1 Å². The number of carbonyl (C=O) groups is 2. The minimum Gasteiger partial charge on any atom is -0.450 e. The maximum atomic E-state index is 12.6. The molecule has 1 unspecified atom stereocenters. The van der Waals surface area contributed by atoms with Gasteiger partial charge >= 0.3 is 12.1 Å². The summed E-state index contributed by atoms with van der Waals surface area (Å²) in [6.45, 7) is 2.23. The lowest BCUT2D eigenvalue weighted by Gasteiger charge is -2.17. The molecule has 0 aromatic heterocycles. The third-order valence-corrected chi connectivity index (χ3v) is 3.86. The van der Waals surface area contributed by atoms with E-state index in [9.17, 15) is 19.7 Å². The van der Waals surface area contributed by atoms with Crippen LogP contribution < -0.4 is 10.1 Å². The van der Waals surface area contributed by atoms with E-state index in [0.717, 1.165) is 18.4 Å². The van der Waals surface area contributed by atoms with E-state index >= 15 is 0 Å². The number of carbonyl (C=O) groups excluding carboxylic acids is 2. The quantitative estimate of drug-likeness (QED) is 0.232. The highest BCUT2D eigenvalue weighted by Gasteiger charge is 2.24. The maximum absolute atomic E-state index is 12.6. The Morgan fingerprint density at radius 2 is 1.79 bits per heavy atom. The lowest BCUT2D eigenvalue weighted by Crippen LogP contribution is -2.44. The number of hydrogen-bond donors (Lipinski definition) is 1. The minimum absolute atomic E-state index is 0.113. The van der Waals surface area contributed by atoms with E-state index in [-0.39, 0.29) is 24.5 Å². The molecule has 0 bridgehead atoms. The van der Waals surface area contributed by atoms with E-state index < -0.39 is 23.0 Å². The van der Waals surface area contributed by atoms with Crippen molar-refractivity contribution >= 4 is 17.7 Å². The van der Waals surface area contributed by atoms with Crippen LogP contribution >= 0.6 is 0 Å². The van der Waals surface area contributed by atoms with Gasteiger partial charge in [-0.2, -0.15) is 0 Å². The first kappa shape index (κ1) is 20.9. The molecule has 0 aliphatic carbocycles. The zero-order chi connectivity index (χ0) is 20.4. The number of amides is 1. The van der Waals surface area contributed by atoms with Crippen molar-refractivity contribution in [2.45, 2.75) is 32.2 Å². The Morgan fingerprint density at radius 1 is 1.11 bits per heavy atom. The van der Waals surface area contributed by atoms with Crippen molar-refractivity contribution in [1.29, 1.82) is 0 Å². The zero-order valence-corrected chi connectivity index (χ0v) is 15.5. The fourth-order valence-electron chi connectivity index (χ4n) is 2.36. The minimum atomic E-state index is -0.966. The lowest BCUT2D eigenvalue weighted by atomic mass is 10.1. The van der Waals surface area contributed by atoms with Gasteiger partial charge in [0, 0.05) is 18.6 Å². The molecule has 0 spiro atoms. The van der Waals surface area contributed by atoms with Crippen LogP contribution in [0.3, 0.4) is 0 Å². The predicted molar refractivity (Wildman–Crippen MR) is 102 cm³/mol. The number of nitrogens with zero attached hydrogens (tertiary/aromatic N) is 1. The van der Waals surface area contributed by atoms with Gasteiger partial charge in [-0.1, -0.05) is 43.7 Å². The third kappa shape index (κ3) is 6.71. The number of hydrogen-bond acceptors (Lipinski definition) is 6. The first-order valence-corrected chi connectivity index (χ1v) is 8.93. The number of esters is 1. The summed E-state index contributed by atoms with van der Waals surface area (Å²) in [7, 11) is 0. The van der Waals surface area contributed by atoms with Crippen molar-refractivity contribution < 1.29 is 24.0 Å². The highest BCUT2D eigenvalue weighted by atomic mass is 16.6. The Bertz CT molecular complexity index is 792. The molecule has 1 amide bonds. The monoisotopic (exact) mass is 386 g/mol. The normalized spacial score (nSPS) is 11.3. The van der Waals surface area contributed by atoms with Crippen LogP contribution in [0.2, 0.25) is 0 Å². The second-order valence-electron chi connectivity index (χ2n) is 6.05. The number of alkyl carbamates (subject to hydrolysis) is 1. The number of ether oxygens (including phenoxy) is 2. The van der Waals surface area contributed by atoms with E-state index in [1.165, 1.54) is 24.3 Å². The number of nitro benzene ring substituents is 1. The second kappa shape index (κ2) is 10.7. The Morgan fingerprint density at radius 3 is 2.39 bits per heavy atom. The molecule has 0 heterocycles. The zero-order valence-electron chi connectivity index (χ0n) is 15.5. The molecule has 0 aliphatic rings. The second-order valence-corrected chi connectivity index (χ2v) is 6.05.